The van der Waals surface area contributed by atoms with E-state index in [1.807, 2.05) is 7.05 Å². The summed E-state index contributed by atoms with van der Waals surface area (Å²) >= 11 is 0. The zero-order valence-electron chi connectivity index (χ0n) is 6.19. The molecule has 1 aromatic rings. The molecule has 0 aliphatic heterocycles. The normalized spacial score (nSPS) is 10.6. The second-order valence-corrected chi connectivity index (χ2v) is 2.13. The van der Waals surface area contributed by atoms with Gasteiger partial charge in [-0.25, -0.2) is 4.98 Å². The molecule has 1 amide bonds. The molecule has 0 fully saturated rings. The largest absolute Gasteiger partial charge is 0.366 e. The molecule has 0 bridgehead atoms. The second kappa shape index (κ2) is 3.01. The van der Waals surface area contributed by atoms with Crippen LogP contribution in [0.3, 0.4) is 0 Å². The number of rotatable bonds is 2. The van der Waals surface area contributed by atoms with Crippen LogP contribution in [0, 0.1) is 0 Å². The topological polar surface area (TPSA) is 60.9 Å². The first kappa shape index (κ1) is 7.53. The van der Waals surface area contributed by atoms with Crippen molar-refractivity contribution in [1.29, 1.82) is 0 Å². The highest BCUT2D eigenvalue weighted by Crippen LogP contribution is 1.95. The Balaban J connectivity index is 2.79. The fourth-order valence-electron chi connectivity index (χ4n) is 0.694. The van der Waals surface area contributed by atoms with E-state index >= 15 is 0 Å². The number of aromatic nitrogens is 2. The Bertz CT molecular complexity index is 288. The summed E-state index contributed by atoms with van der Waals surface area (Å²) in [6.45, 7) is 0. The zero-order valence-corrected chi connectivity index (χ0v) is 6.19. The zero-order chi connectivity index (χ0) is 8.27. The third-order valence-electron chi connectivity index (χ3n) is 1.26. The van der Waals surface area contributed by atoms with Crippen molar-refractivity contribution in [2.24, 2.45) is 12.8 Å². The van der Waals surface area contributed by atoms with Gasteiger partial charge in [-0.2, -0.15) is 0 Å². The van der Waals surface area contributed by atoms with Crippen LogP contribution in [-0.2, 0) is 11.8 Å². The van der Waals surface area contributed by atoms with Crippen LogP contribution in [0.5, 0.6) is 0 Å². The van der Waals surface area contributed by atoms with Gasteiger partial charge in [-0.1, -0.05) is 0 Å². The second-order valence-electron chi connectivity index (χ2n) is 2.13. The minimum Gasteiger partial charge on any atom is -0.366 e. The molecule has 1 aromatic heterocycles. The van der Waals surface area contributed by atoms with Gasteiger partial charge >= 0.3 is 0 Å². The van der Waals surface area contributed by atoms with Crippen molar-refractivity contribution < 1.29 is 4.79 Å². The molecule has 0 aliphatic rings. The van der Waals surface area contributed by atoms with E-state index in [2.05, 4.69) is 4.98 Å². The Labute approximate surface area is 64.3 Å². The fraction of sp³-hybridized carbons (Fsp3) is 0.143. The molecule has 0 unspecified atom stereocenters. The molecule has 4 heteroatoms. The van der Waals surface area contributed by atoms with E-state index in [0.717, 1.165) is 0 Å². The van der Waals surface area contributed by atoms with E-state index in [1.165, 1.54) is 6.08 Å². The van der Waals surface area contributed by atoms with Gasteiger partial charge in [0.05, 0.1) is 0 Å². The minimum atomic E-state index is -0.465. The van der Waals surface area contributed by atoms with Crippen LogP contribution in [0.1, 0.15) is 5.82 Å². The highest BCUT2D eigenvalue weighted by Gasteiger charge is 1.92. The summed E-state index contributed by atoms with van der Waals surface area (Å²) in [5.41, 5.74) is 4.90. The molecule has 0 saturated carbocycles. The van der Waals surface area contributed by atoms with Crippen molar-refractivity contribution in [3.05, 3.63) is 24.3 Å². The quantitative estimate of drug-likeness (QED) is 0.601. The summed E-state index contributed by atoms with van der Waals surface area (Å²) < 4.78 is 1.79. The van der Waals surface area contributed by atoms with Crippen molar-refractivity contribution in [3.8, 4) is 0 Å². The maximum atomic E-state index is 10.3. The average Bonchev–Trinajstić information content (AvgIpc) is 2.31. The van der Waals surface area contributed by atoms with E-state index in [1.54, 1.807) is 23.0 Å². The first-order chi connectivity index (χ1) is 5.20. The lowest BCUT2D eigenvalue weighted by molar-refractivity contribution is -0.113. The number of carbonyl (C=O) groups is 1. The van der Waals surface area contributed by atoms with Crippen LogP contribution < -0.4 is 5.73 Å². The van der Waals surface area contributed by atoms with Crippen molar-refractivity contribution >= 4 is 12.0 Å². The molecule has 0 aromatic carbocycles. The van der Waals surface area contributed by atoms with Gasteiger partial charge in [-0.05, 0) is 6.08 Å². The van der Waals surface area contributed by atoms with E-state index < -0.39 is 5.91 Å². The maximum Gasteiger partial charge on any atom is 0.241 e. The lowest BCUT2D eigenvalue weighted by Gasteiger charge is -1.91. The van der Waals surface area contributed by atoms with Gasteiger partial charge in [0.25, 0.3) is 0 Å². The molecule has 0 spiro atoms. The maximum absolute atomic E-state index is 10.3. The number of primary amides is 1. The van der Waals surface area contributed by atoms with Crippen LogP contribution in [0.15, 0.2) is 18.5 Å². The van der Waals surface area contributed by atoms with Gasteiger partial charge in [0.15, 0.2) is 0 Å². The van der Waals surface area contributed by atoms with Crippen molar-refractivity contribution in [3.63, 3.8) is 0 Å². The Morgan fingerprint density at radius 2 is 2.55 bits per heavy atom. The standard InChI is InChI=1S/C7H9N3O/c1-10-5-4-9-7(10)3-2-6(8)11/h2-5H,1H3,(H2,8,11)/b3-2+. The van der Waals surface area contributed by atoms with Gasteiger partial charge in [0, 0.05) is 25.5 Å². The van der Waals surface area contributed by atoms with Crippen molar-refractivity contribution in [2.75, 3.05) is 0 Å². The van der Waals surface area contributed by atoms with Crippen molar-refractivity contribution in [1.82, 2.24) is 9.55 Å². The summed E-state index contributed by atoms with van der Waals surface area (Å²) in [4.78, 5) is 14.3. The van der Waals surface area contributed by atoms with E-state index in [-0.39, 0.29) is 0 Å². The van der Waals surface area contributed by atoms with Crippen LogP contribution in [0.2, 0.25) is 0 Å². The third kappa shape index (κ3) is 1.93. The van der Waals surface area contributed by atoms with Gasteiger partial charge < -0.3 is 10.3 Å². The number of amides is 1. The van der Waals surface area contributed by atoms with Crippen molar-refractivity contribution in [2.45, 2.75) is 0 Å². The van der Waals surface area contributed by atoms with E-state index in [0.29, 0.717) is 5.82 Å². The van der Waals surface area contributed by atoms with Crippen LogP contribution in [0.4, 0.5) is 0 Å². The summed E-state index contributed by atoms with van der Waals surface area (Å²) in [6.07, 6.45) is 6.30. The lowest BCUT2D eigenvalue weighted by Crippen LogP contribution is -2.05. The van der Waals surface area contributed by atoms with E-state index in [4.69, 9.17) is 5.73 Å². The lowest BCUT2D eigenvalue weighted by atomic mass is 10.4. The number of aryl methyl sites for hydroxylation is 1. The summed E-state index contributed by atoms with van der Waals surface area (Å²) in [7, 11) is 1.84. The van der Waals surface area contributed by atoms with Gasteiger partial charge in [-0.3, -0.25) is 4.79 Å². The molecular weight excluding hydrogens is 142 g/mol. The fourth-order valence-corrected chi connectivity index (χ4v) is 0.694. The molecule has 0 atom stereocenters. The number of nitrogens with two attached hydrogens (primary N) is 1. The first-order valence-electron chi connectivity index (χ1n) is 3.15. The molecule has 11 heavy (non-hydrogen) atoms. The molecule has 0 saturated heterocycles. The van der Waals surface area contributed by atoms with Crippen LogP contribution >= 0.6 is 0 Å². The summed E-state index contributed by atoms with van der Waals surface area (Å²) in [5, 5.41) is 0. The first-order valence-corrected chi connectivity index (χ1v) is 3.15. The molecular formula is C7H9N3O. The molecule has 4 nitrogen and oxygen atoms in total. The Morgan fingerprint density at radius 3 is 3.00 bits per heavy atom. The predicted octanol–water partition coefficient (Wildman–Crippen LogP) is -0.0814. The number of hydrogen-bond donors (Lipinski definition) is 1. The summed E-state index contributed by atoms with van der Waals surface area (Å²) in [6, 6.07) is 0. The van der Waals surface area contributed by atoms with Gasteiger partial charge in [0.1, 0.15) is 5.82 Å². The number of hydrogen-bond acceptors (Lipinski definition) is 2. The number of nitrogens with zero attached hydrogens (tertiary/aromatic N) is 2. The monoisotopic (exact) mass is 151 g/mol. The van der Waals surface area contributed by atoms with Gasteiger partial charge in [-0.15, -0.1) is 0 Å². The SMILES string of the molecule is Cn1ccnc1/C=C/C(N)=O. The highest BCUT2D eigenvalue weighted by atomic mass is 16.1. The Kier molecular flexibility index (Phi) is 2.06. The minimum absolute atomic E-state index is 0.465. The van der Waals surface area contributed by atoms with Crippen LogP contribution in [0.25, 0.3) is 6.08 Å². The molecule has 1 heterocycles. The van der Waals surface area contributed by atoms with Crippen LogP contribution in [-0.4, -0.2) is 15.5 Å². The smallest absolute Gasteiger partial charge is 0.241 e. The molecule has 1 rings (SSSR count). The predicted molar refractivity (Wildman–Crippen MR) is 41.4 cm³/mol. The molecule has 0 radical (unpaired) electrons. The molecule has 58 valence electrons. The Hall–Kier alpha value is -1.58. The summed E-state index contributed by atoms with van der Waals surface area (Å²) in [5.74, 6) is 0.247. The Morgan fingerprint density at radius 1 is 1.82 bits per heavy atom. The third-order valence-corrected chi connectivity index (χ3v) is 1.26. The van der Waals surface area contributed by atoms with Gasteiger partial charge in [0.2, 0.25) is 5.91 Å². The number of carbonyl (C=O) groups excluding carboxylic acids is 1. The highest BCUT2D eigenvalue weighted by molar-refractivity contribution is 5.89. The molecule has 0 aliphatic carbocycles. The number of imidazole rings is 1. The average molecular weight is 151 g/mol. The molecule has 2 N–H and O–H groups in total. The van der Waals surface area contributed by atoms with E-state index in [9.17, 15) is 4.79 Å².